The Morgan fingerprint density at radius 1 is 0.885 bits per heavy atom. The molecule has 0 unspecified atom stereocenters. The molecule has 0 spiro atoms. The van der Waals surface area contributed by atoms with E-state index in [1.165, 1.54) is 18.5 Å². The highest BCUT2D eigenvalue weighted by Gasteiger charge is 2.44. The first-order valence-electron chi connectivity index (χ1n) is 20.8. The molecule has 5 N–H and O–H groups in total. The number of imide groups is 2. The lowest BCUT2D eigenvalue weighted by molar-refractivity contribution is -0.136. The number of benzene rings is 1. The summed E-state index contributed by atoms with van der Waals surface area (Å²) >= 11 is 0. The van der Waals surface area contributed by atoms with Crippen molar-refractivity contribution >= 4 is 64.0 Å². The number of fused-ring (bicyclic) bond motifs is 2. The maximum absolute atomic E-state index is 13.1. The van der Waals surface area contributed by atoms with Crippen LogP contribution in [0.4, 0.5) is 11.5 Å². The lowest BCUT2D eigenvalue weighted by Crippen LogP contribution is -2.54. The van der Waals surface area contributed by atoms with Crippen molar-refractivity contribution in [3.05, 3.63) is 71.6 Å². The van der Waals surface area contributed by atoms with Gasteiger partial charge in [-0.2, -0.15) is 0 Å². The number of carbonyl (C=O) groups excluding carboxylic acids is 7. The van der Waals surface area contributed by atoms with Gasteiger partial charge in [-0.05, 0) is 82.2 Å². The molecule has 3 fully saturated rings. The molecule has 1 atom stereocenters. The van der Waals surface area contributed by atoms with Gasteiger partial charge in [0.1, 0.15) is 23.6 Å². The van der Waals surface area contributed by atoms with E-state index in [1.807, 2.05) is 24.0 Å². The van der Waals surface area contributed by atoms with Gasteiger partial charge in [0.2, 0.25) is 23.6 Å². The predicted molar refractivity (Wildman–Crippen MR) is 220 cm³/mol. The molecule has 19 heteroatoms. The number of aromatic nitrogens is 5. The minimum absolute atomic E-state index is 0.0378. The number of hydrogen-bond acceptors (Lipinski definition) is 13. The molecule has 1 aromatic carbocycles. The predicted octanol–water partition coefficient (Wildman–Crippen LogP) is 2.26. The molecule has 1 saturated carbocycles. The van der Waals surface area contributed by atoms with E-state index in [4.69, 9.17) is 0 Å². The standard InChI is InChI=1S/C42H48N12O7/c1-24-6-5-7-31(48-24)39(58)50-27-18-28(19-27)53-23-47-36-37(45-22-46-38(36)53)49-25-13-16-52(17-14-25)35(57)8-3-2-4-15-43-34(56)21-44-26-9-10-29-30(20-26)42(61)54(41(29)60)32-11-12-33(55)51-40(32)59/h5-7,9-10,20,22-23,25,27-28,32,44H,2-4,8,11-19,21H2,1H3,(H,43,56)(H,50,58)(H,45,46,49)(H,51,55,59)/t27?,28?,32-/m0/s1. The summed E-state index contributed by atoms with van der Waals surface area (Å²) in [4.78, 5) is 109. The van der Waals surface area contributed by atoms with Crippen LogP contribution < -0.4 is 26.6 Å². The summed E-state index contributed by atoms with van der Waals surface area (Å²) in [6, 6.07) is 9.27. The van der Waals surface area contributed by atoms with Crippen molar-refractivity contribution in [1.29, 1.82) is 0 Å². The van der Waals surface area contributed by atoms with Crippen LogP contribution in [0, 0.1) is 6.92 Å². The maximum Gasteiger partial charge on any atom is 0.270 e. The summed E-state index contributed by atoms with van der Waals surface area (Å²) in [6.45, 7) is 3.54. The number of pyridine rings is 1. The van der Waals surface area contributed by atoms with Crippen LogP contribution in [0.1, 0.15) is 107 Å². The molecule has 3 aromatic heterocycles. The van der Waals surface area contributed by atoms with Gasteiger partial charge < -0.3 is 30.7 Å². The summed E-state index contributed by atoms with van der Waals surface area (Å²) in [5.41, 5.74) is 3.42. The highest BCUT2D eigenvalue weighted by atomic mass is 16.2. The molecule has 2 saturated heterocycles. The first-order valence-corrected chi connectivity index (χ1v) is 20.8. The van der Waals surface area contributed by atoms with Crippen LogP contribution in [-0.2, 0) is 19.2 Å². The molecule has 4 aliphatic rings. The van der Waals surface area contributed by atoms with Gasteiger partial charge >= 0.3 is 0 Å². The van der Waals surface area contributed by atoms with Gasteiger partial charge in [-0.15, -0.1) is 0 Å². The van der Waals surface area contributed by atoms with E-state index in [0.717, 1.165) is 48.3 Å². The lowest BCUT2D eigenvalue weighted by Gasteiger charge is -2.36. The summed E-state index contributed by atoms with van der Waals surface area (Å²) in [7, 11) is 0. The molecular formula is C42H48N12O7. The number of nitrogens with zero attached hydrogens (tertiary/aromatic N) is 7. The Morgan fingerprint density at radius 3 is 2.48 bits per heavy atom. The topological polar surface area (TPSA) is 243 Å². The van der Waals surface area contributed by atoms with Crippen LogP contribution in [0.2, 0.25) is 0 Å². The molecule has 0 bridgehead atoms. The molecule has 61 heavy (non-hydrogen) atoms. The Kier molecular flexibility index (Phi) is 12.0. The number of unbranched alkanes of at least 4 members (excludes halogenated alkanes) is 2. The second kappa shape index (κ2) is 17.8. The normalized spacial score (nSPS) is 20.2. The number of likely N-dealkylation sites (tertiary alicyclic amines) is 1. The number of piperidine rings is 2. The van der Waals surface area contributed by atoms with Crippen LogP contribution in [-0.4, -0.2) is 120 Å². The monoisotopic (exact) mass is 832 g/mol. The Balaban J connectivity index is 0.702. The van der Waals surface area contributed by atoms with E-state index in [9.17, 15) is 33.6 Å². The highest BCUT2D eigenvalue weighted by Crippen LogP contribution is 2.35. The Morgan fingerprint density at radius 2 is 1.69 bits per heavy atom. The smallest absolute Gasteiger partial charge is 0.270 e. The summed E-state index contributed by atoms with van der Waals surface area (Å²) in [6.07, 6.45) is 9.16. The molecular weight excluding hydrogens is 785 g/mol. The van der Waals surface area contributed by atoms with Crippen molar-refractivity contribution in [3.63, 3.8) is 0 Å². The summed E-state index contributed by atoms with van der Waals surface area (Å²) in [5, 5.41) is 14.6. The zero-order valence-electron chi connectivity index (χ0n) is 33.8. The quantitative estimate of drug-likeness (QED) is 0.0854. The number of amides is 7. The average Bonchev–Trinajstić information content (AvgIpc) is 3.77. The van der Waals surface area contributed by atoms with E-state index in [-0.39, 0.29) is 66.4 Å². The number of rotatable bonds is 15. The number of nitrogens with one attached hydrogen (secondary N) is 5. The van der Waals surface area contributed by atoms with Crippen LogP contribution in [0.15, 0.2) is 49.1 Å². The molecule has 8 rings (SSSR count). The number of anilines is 2. The minimum Gasteiger partial charge on any atom is -0.376 e. The molecule has 0 radical (unpaired) electrons. The Labute approximate surface area is 350 Å². The summed E-state index contributed by atoms with van der Waals surface area (Å²) in [5.74, 6) is -1.95. The van der Waals surface area contributed by atoms with Crippen LogP contribution in [0.25, 0.3) is 11.2 Å². The summed E-state index contributed by atoms with van der Waals surface area (Å²) < 4.78 is 2.05. The van der Waals surface area contributed by atoms with Gasteiger partial charge in [-0.25, -0.2) is 19.9 Å². The third-order valence-electron chi connectivity index (χ3n) is 11.8. The van der Waals surface area contributed by atoms with E-state index < -0.39 is 29.7 Å². The number of carbonyl (C=O) groups is 7. The van der Waals surface area contributed by atoms with Gasteiger partial charge in [-0.1, -0.05) is 12.5 Å². The fourth-order valence-corrected chi connectivity index (χ4v) is 8.34. The van der Waals surface area contributed by atoms with E-state index >= 15 is 0 Å². The van der Waals surface area contributed by atoms with Crippen molar-refractivity contribution in [2.24, 2.45) is 0 Å². The average molecular weight is 833 g/mol. The van der Waals surface area contributed by atoms with Crippen LogP contribution in [0.3, 0.4) is 0 Å². The SMILES string of the molecule is Cc1cccc(C(=O)NC2CC(n3cnc4c(NC5CCN(C(=O)CCCCCNC(=O)CNc6ccc7c(c6)C(=O)N([C@H]6CCC(=O)NC6=O)C7=O)CC5)ncnc43)C2)n1. The molecule has 3 aliphatic heterocycles. The van der Waals surface area contributed by atoms with E-state index in [1.54, 1.807) is 18.5 Å². The molecule has 4 aromatic rings. The number of imidazole rings is 1. The Hall–Kier alpha value is -6.79. The highest BCUT2D eigenvalue weighted by molar-refractivity contribution is 6.23. The molecule has 7 amide bonds. The van der Waals surface area contributed by atoms with Crippen molar-refractivity contribution < 1.29 is 33.6 Å². The fraction of sp³-hybridized carbons (Fsp3) is 0.452. The van der Waals surface area contributed by atoms with Crippen molar-refractivity contribution in [2.75, 3.05) is 36.8 Å². The lowest BCUT2D eigenvalue weighted by atomic mass is 9.86. The minimum atomic E-state index is -1.05. The molecule has 19 nitrogen and oxygen atoms in total. The van der Waals surface area contributed by atoms with Crippen molar-refractivity contribution in [1.82, 2.24) is 50.3 Å². The molecule has 1 aliphatic carbocycles. The zero-order valence-corrected chi connectivity index (χ0v) is 33.8. The third kappa shape index (κ3) is 9.04. The first-order chi connectivity index (χ1) is 29.5. The van der Waals surface area contributed by atoms with Crippen molar-refractivity contribution in [3.8, 4) is 0 Å². The fourth-order valence-electron chi connectivity index (χ4n) is 8.34. The third-order valence-corrected chi connectivity index (χ3v) is 11.8. The van der Waals surface area contributed by atoms with Crippen LogP contribution >= 0.6 is 0 Å². The number of hydrogen-bond donors (Lipinski definition) is 5. The van der Waals surface area contributed by atoms with Gasteiger partial charge in [0, 0.05) is 62.0 Å². The molecule has 318 valence electrons. The maximum atomic E-state index is 13.1. The number of aryl methyl sites for hydroxylation is 1. The van der Waals surface area contributed by atoms with Gasteiger partial charge in [0.15, 0.2) is 11.5 Å². The first kappa shape index (κ1) is 41.0. The second-order valence-electron chi connectivity index (χ2n) is 16.0. The molecule has 6 heterocycles. The van der Waals surface area contributed by atoms with Crippen LogP contribution in [0.5, 0.6) is 0 Å². The van der Waals surface area contributed by atoms with Gasteiger partial charge in [0.05, 0.1) is 24.0 Å². The van der Waals surface area contributed by atoms with E-state index in [2.05, 4.69) is 51.1 Å². The van der Waals surface area contributed by atoms with E-state index in [0.29, 0.717) is 61.6 Å². The van der Waals surface area contributed by atoms with Gasteiger partial charge in [-0.3, -0.25) is 43.8 Å². The largest absolute Gasteiger partial charge is 0.376 e. The van der Waals surface area contributed by atoms with Crippen molar-refractivity contribution in [2.45, 2.75) is 95.3 Å². The second-order valence-corrected chi connectivity index (χ2v) is 16.0. The van der Waals surface area contributed by atoms with Gasteiger partial charge in [0.25, 0.3) is 17.7 Å². The zero-order chi connectivity index (χ0) is 42.6. The Bertz CT molecular complexity index is 2390.